The Balaban J connectivity index is 2.47. The van der Waals surface area contributed by atoms with Gasteiger partial charge in [0.15, 0.2) is 0 Å². The molecular formula is C14H27N3O3. The van der Waals surface area contributed by atoms with Crippen molar-refractivity contribution in [3.63, 3.8) is 0 Å². The van der Waals surface area contributed by atoms with Gasteiger partial charge in [0.25, 0.3) is 0 Å². The maximum atomic E-state index is 12.2. The van der Waals surface area contributed by atoms with Gasteiger partial charge in [-0.05, 0) is 34.6 Å². The van der Waals surface area contributed by atoms with Crippen LogP contribution in [0.4, 0.5) is 4.79 Å². The van der Waals surface area contributed by atoms with Crippen LogP contribution in [0.2, 0.25) is 0 Å². The van der Waals surface area contributed by atoms with E-state index in [-0.39, 0.29) is 12.3 Å². The van der Waals surface area contributed by atoms with Gasteiger partial charge in [-0.15, -0.1) is 0 Å². The molecule has 0 aromatic rings. The van der Waals surface area contributed by atoms with E-state index in [2.05, 4.69) is 10.6 Å². The number of hydrogen-bond donors (Lipinski definition) is 2. The maximum absolute atomic E-state index is 12.2. The van der Waals surface area contributed by atoms with E-state index < -0.39 is 17.2 Å². The summed E-state index contributed by atoms with van der Waals surface area (Å²) in [6.45, 7) is 12.2. The van der Waals surface area contributed by atoms with Crippen LogP contribution in [0.3, 0.4) is 0 Å². The molecule has 0 radical (unpaired) electrons. The van der Waals surface area contributed by atoms with Gasteiger partial charge in [-0.3, -0.25) is 4.79 Å². The highest BCUT2D eigenvalue weighted by atomic mass is 16.6. The monoisotopic (exact) mass is 285 g/mol. The van der Waals surface area contributed by atoms with Crippen LogP contribution in [0.15, 0.2) is 0 Å². The molecule has 1 aliphatic heterocycles. The molecule has 0 aromatic heterocycles. The topological polar surface area (TPSA) is 70.7 Å². The Bertz CT molecular complexity index is 355. The first-order valence-corrected chi connectivity index (χ1v) is 7.09. The molecule has 0 aliphatic carbocycles. The molecule has 2 amide bonds. The minimum atomic E-state index is -0.621. The van der Waals surface area contributed by atoms with Gasteiger partial charge in [0.2, 0.25) is 5.91 Å². The van der Waals surface area contributed by atoms with Gasteiger partial charge in [0.1, 0.15) is 5.60 Å². The second-order valence-electron chi connectivity index (χ2n) is 6.82. The average Bonchev–Trinajstić information content (AvgIpc) is 2.25. The quantitative estimate of drug-likeness (QED) is 0.815. The van der Waals surface area contributed by atoms with Crippen LogP contribution in [-0.4, -0.2) is 54.2 Å². The second-order valence-corrected chi connectivity index (χ2v) is 6.82. The zero-order valence-electron chi connectivity index (χ0n) is 13.2. The largest absolute Gasteiger partial charge is 0.444 e. The third kappa shape index (κ3) is 6.23. The predicted molar refractivity (Wildman–Crippen MR) is 77.5 cm³/mol. The molecule has 0 bridgehead atoms. The summed E-state index contributed by atoms with van der Waals surface area (Å²) in [4.78, 5) is 25.8. The molecule has 0 saturated carbocycles. The summed E-state index contributed by atoms with van der Waals surface area (Å²) in [7, 11) is 0. The van der Waals surface area contributed by atoms with Gasteiger partial charge in [0.05, 0.1) is 0 Å². The Morgan fingerprint density at radius 2 is 1.70 bits per heavy atom. The molecule has 6 nitrogen and oxygen atoms in total. The van der Waals surface area contributed by atoms with Crippen molar-refractivity contribution >= 4 is 12.0 Å². The smallest absolute Gasteiger partial charge is 0.408 e. The molecule has 1 rings (SSSR count). The third-order valence-electron chi connectivity index (χ3n) is 2.90. The SMILES string of the molecule is CC(C)(CC(=O)N1CCNCC1)NC(=O)OC(C)(C)C. The summed E-state index contributed by atoms with van der Waals surface area (Å²) in [5.74, 6) is 0.0626. The zero-order chi connectivity index (χ0) is 15.4. The van der Waals surface area contributed by atoms with Crippen molar-refractivity contribution < 1.29 is 14.3 Å². The van der Waals surface area contributed by atoms with Crippen molar-refractivity contribution in [3.05, 3.63) is 0 Å². The molecule has 1 aliphatic rings. The van der Waals surface area contributed by atoms with Crippen molar-refractivity contribution in [2.24, 2.45) is 0 Å². The fourth-order valence-corrected chi connectivity index (χ4v) is 2.03. The van der Waals surface area contributed by atoms with Crippen molar-refractivity contribution in [2.45, 2.75) is 52.2 Å². The van der Waals surface area contributed by atoms with Gasteiger partial charge in [-0.2, -0.15) is 0 Å². The summed E-state index contributed by atoms with van der Waals surface area (Å²) < 4.78 is 5.22. The first-order chi connectivity index (χ1) is 9.09. The van der Waals surface area contributed by atoms with Gasteiger partial charge >= 0.3 is 6.09 Å². The number of nitrogens with one attached hydrogen (secondary N) is 2. The molecule has 6 heteroatoms. The van der Waals surface area contributed by atoms with Gasteiger partial charge in [0, 0.05) is 38.1 Å². The first kappa shape index (κ1) is 16.8. The van der Waals surface area contributed by atoms with Crippen molar-refractivity contribution in [3.8, 4) is 0 Å². The van der Waals surface area contributed by atoms with Crippen molar-refractivity contribution in [1.82, 2.24) is 15.5 Å². The number of alkyl carbamates (subject to hydrolysis) is 1. The average molecular weight is 285 g/mol. The molecule has 0 atom stereocenters. The summed E-state index contributed by atoms with van der Waals surface area (Å²) in [6, 6.07) is 0. The summed E-state index contributed by atoms with van der Waals surface area (Å²) in [5, 5.41) is 5.97. The highest BCUT2D eigenvalue weighted by Crippen LogP contribution is 2.14. The van der Waals surface area contributed by atoms with Crippen molar-refractivity contribution in [1.29, 1.82) is 0 Å². The molecule has 1 fully saturated rings. The molecule has 1 saturated heterocycles. The fraction of sp³-hybridized carbons (Fsp3) is 0.857. The Hall–Kier alpha value is -1.30. The van der Waals surface area contributed by atoms with E-state index in [1.54, 1.807) is 0 Å². The molecular weight excluding hydrogens is 258 g/mol. The highest BCUT2D eigenvalue weighted by Gasteiger charge is 2.29. The van der Waals surface area contributed by atoms with E-state index in [1.165, 1.54) is 0 Å². The molecule has 2 N–H and O–H groups in total. The minimum absolute atomic E-state index is 0.0626. The van der Waals surface area contributed by atoms with Crippen LogP contribution < -0.4 is 10.6 Å². The number of amides is 2. The van der Waals surface area contributed by atoms with Crippen LogP contribution >= 0.6 is 0 Å². The van der Waals surface area contributed by atoms with Crippen LogP contribution in [0, 0.1) is 0 Å². The number of nitrogens with zero attached hydrogens (tertiary/aromatic N) is 1. The molecule has 116 valence electrons. The lowest BCUT2D eigenvalue weighted by Gasteiger charge is -2.32. The Morgan fingerprint density at radius 3 is 2.20 bits per heavy atom. The van der Waals surface area contributed by atoms with Gasteiger partial charge in [-0.1, -0.05) is 0 Å². The summed E-state index contributed by atoms with van der Waals surface area (Å²) >= 11 is 0. The number of carbonyl (C=O) groups is 2. The normalized spacial score (nSPS) is 16.8. The third-order valence-corrected chi connectivity index (χ3v) is 2.90. The van der Waals surface area contributed by atoms with Crippen LogP contribution in [0.25, 0.3) is 0 Å². The number of piperazine rings is 1. The molecule has 0 unspecified atom stereocenters. The van der Waals surface area contributed by atoms with Gasteiger partial charge < -0.3 is 20.3 Å². The van der Waals surface area contributed by atoms with E-state index in [1.807, 2.05) is 39.5 Å². The minimum Gasteiger partial charge on any atom is -0.444 e. The maximum Gasteiger partial charge on any atom is 0.408 e. The number of hydrogen-bond acceptors (Lipinski definition) is 4. The van der Waals surface area contributed by atoms with Crippen LogP contribution in [0.1, 0.15) is 41.0 Å². The molecule has 1 heterocycles. The van der Waals surface area contributed by atoms with E-state index in [4.69, 9.17) is 4.74 Å². The lowest BCUT2D eigenvalue weighted by Crippen LogP contribution is -2.52. The Kier molecular flexibility index (Phi) is 5.39. The summed E-state index contributed by atoms with van der Waals surface area (Å²) in [5.41, 5.74) is -1.16. The lowest BCUT2D eigenvalue weighted by molar-refractivity contribution is -0.133. The van der Waals surface area contributed by atoms with E-state index >= 15 is 0 Å². The number of carbonyl (C=O) groups excluding carboxylic acids is 2. The first-order valence-electron chi connectivity index (χ1n) is 7.09. The molecule has 20 heavy (non-hydrogen) atoms. The highest BCUT2D eigenvalue weighted by molar-refractivity contribution is 5.78. The van der Waals surface area contributed by atoms with Crippen LogP contribution in [0.5, 0.6) is 0 Å². The zero-order valence-corrected chi connectivity index (χ0v) is 13.2. The molecule has 0 spiro atoms. The Labute approximate surface area is 121 Å². The Morgan fingerprint density at radius 1 is 1.15 bits per heavy atom. The van der Waals surface area contributed by atoms with E-state index in [0.29, 0.717) is 0 Å². The van der Waals surface area contributed by atoms with E-state index in [9.17, 15) is 9.59 Å². The molecule has 0 aromatic carbocycles. The second kappa shape index (κ2) is 6.43. The summed E-state index contributed by atoms with van der Waals surface area (Å²) in [6.07, 6.45) is -0.220. The van der Waals surface area contributed by atoms with Gasteiger partial charge in [-0.25, -0.2) is 4.79 Å². The number of rotatable bonds is 3. The number of ether oxygens (including phenoxy) is 1. The lowest BCUT2D eigenvalue weighted by atomic mass is 10.00. The standard InChI is InChI=1S/C14H27N3O3/c1-13(2,3)20-12(19)16-14(4,5)10-11(18)17-8-6-15-7-9-17/h15H,6-10H2,1-5H3,(H,16,19). The van der Waals surface area contributed by atoms with Crippen LogP contribution in [-0.2, 0) is 9.53 Å². The van der Waals surface area contributed by atoms with E-state index in [0.717, 1.165) is 26.2 Å². The fourth-order valence-electron chi connectivity index (χ4n) is 2.03. The van der Waals surface area contributed by atoms with Crippen molar-refractivity contribution in [2.75, 3.05) is 26.2 Å². The predicted octanol–water partition coefficient (Wildman–Crippen LogP) is 1.11.